The molecule has 0 aromatic heterocycles. The Morgan fingerprint density at radius 2 is 1.75 bits per heavy atom. The van der Waals surface area contributed by atoms with Crippen molar-refractivity contribution in [3.05, 3.63) is 29.3 Å². The molecule has 160 valence electrons. The highest BCUT2D eigenvalue weighted by Crippen LogP contribution is 2.31. The molecule has 1 aliphatic heterocycles. The summed E-state index contributed by atoms with van der Waals surface area (Å²) < 4.78 is 68.5. The van der Waals surface area contributed by atoms with Crippen LogP contribution in [-0.2, 0) is 32.5 Å². The van der Waals surface area contributed by atoms with Gasteiger partial charge in [-0.1, -0.05) is 12.1 Å². The van der Waals surface area contributed by atoms with Crippen LogP contribution in [-0.4, -0.2) is 51.0 Å². The molecule has 0 saturated heterocycles. The molecule has 0 amide bonds. The summed E-state index contributed by atoms with van der Waals surface area (Å²) in [6.45, 7) is 7.49. The Balaban J connectivity index is 0.000000480. The lowest BCUT2D eigenvalue weighted by Crippen LogP contribution is -2.29. The van der Waals surface area contributed by atoms with Crippen LogP contribution in [0.2, 0.25) is 0 Å². The van der Waals surface area contributed by atoms with Crippen molar-refractivity contribution in [2.45, 2.75) is 51.1 Å². The average Bonchev–Trinajstić information content (AvgIpc) is 2.50. The van der Waals surface area contributed by atoms with E-state index in [9.17, 15) is 26.4 Å². The number of hydrogen-bond acceptors (Lipinski definition) is 6. The molecule has 0 fully saturated rings. The first-order valence-corrected chi connectivity index (χ1v) is 10.1. The first kappa shape index (κ1) is 24.2. The molecule has 0 N–H and O–H groups in total. The minimum Gasteiger partial charge on any atom is -0.462 e. The monoisotopic (exact) mass is 425 g/mol. The highest BCUT2D eigenvalue weighted by Gasteiger charge is 2.48. The van der Waals surface area contributed by atoms with Gasteiger partial charge in [-0.3, -0.25) is 4.79 Å². The smallest absolute Gasteiger partial charge is 0.462 e. The van der Waals surface area contributed by atoms with Gasteiger partial charge >= 0.3 is 15.6 Å². The van der Waals surface area contributed by atoms with E-state index in [0.29, 0.717) is 24.9 Å². The number of carbonyl (C=O) groups excluding carboxylic acids is 1. The molecule has 0 bridgehead atoms. The minimum atomic E-state index is -5.63. The van der Waals surface area contributed by atoms with Crippen LogP contribution in [0.15, 0.2) is 18.2 Å². The predicted molar refractivity (Wildman–Crippen MR) is 98.5 cm³/mol. The zero-order valence-electron chi connectivity index (χ0n) is 16.4. The Labute approximate surface area is 163 Å². The summed E-state index contributed by atoms with van der Waals surface area (Å²) in [5.41, 5.74) is -4.35. The topological polar surface area (TPSA) is 72.9 Å². The molecule has 2 rings (SSSR count). The maximum Gasteiger partial charge on any atom is 0.534 e. The standard InChI is InChI=1S/C13H16F3NO3S.C5H10O2/c1-17-8-3-5-11-10(7-9-17)4-2-6-12(11)20-21(18,19)13(14,15)16;1-5(2,3)7-4-6/h2,4,6H,3,5,7-9H2,1H3;4H,1-3H3. The first-order valence-electron chi connectivity index (χ1n) is 8.68. The van der Waals surface area contributed by atoms with E-state index in [-0.39, 0.29) is 11.4 Å². The summed E-state index contributed by atoms with van der Waals surface area (Å²) in [5.74, 6) is -0.214. The largest absolute Gasteiger partial charge is 0.534 e. The zero-order valence-corrected chi connectivity index (χ0v) is 17.2. The van der Waals surface area contributed by atoms with Gasteiger partial charge in [0.2, 0.25) is 0 Å². The van der Waals surface area contributed by atoms with Gasteiger partial charge in [0, 0.05) is 6.54 Å². The van der Waals surface area contributed by atoms with Crippen LogP contribution in [0.25, 0.3) is 0 Å². The molecule has 0 saturated carbocycles. The van der Waals surface area contributed by atoms with Gasteiger partial charge in [0.25, 0.3) is 6.47 Å². The van der Waals surface area contributed by atoms with Gasteiger partial charge in [-0.2, -0.15) is 21.6 Å². The first-order chi connectivity index (χ1) is 12.8. The maximum atomic E-state index is 12.4. The van der Waals surface area contributed by atoms with Gasteiger partial charge in [0.1, 0.15) is 11.4 Å². The summed E-state index contributed by atoms with van der Waals surface area (Å²) in [5, 5.41) is 0. The molecular formula is C18H26F3NO5S. The third-order valence-electron chi connectivity index (χ3n) is 3.84. The molecule has 1 aliphatic rings. The maximum absolute atomic E-state index is 12.4. The number of benzene rings is 1. The van der Waals surface area contributed by atoms with E-state index in [2.05, 4.69) is 13.8 Å². The number of likely N-dealkylation sites (N-methyl/N-ethyl adjacent to an activating group) is 1. The van der Waals surface area contributed by atoms with Crippen molar-refractivity contribution in [2.75, 3.05) is 20.1 Å². The van der Waals surface area contributed by atoms with E-state index in [4.69, 9.17) is 0 Å². The SMILES string of the molecule is CC(C)(C)OC=O.CN1CCCc2c(cccc2OS(=O)(=O)C(F)(F)F)CC1. The number of rotatable bonds is 3. The number of carbonyl (C=O) groups is 1. The van der Waals surface area contributed by atoms with E-state index in [1.54, 1.807) is 6.07 Å². The summed E-state index contributed by atoms with van der Waals surface area (Å²) in [4.78, 5) is 11.7. The summed E-state index contributed by atoms with van der Waals surface area (Å²) in [7, 11) is -3.65. The zero-order chi connectivity index (χ0) is 21.6. The second-order valence-electron chi connectivity index (χ2n) is 7.36. The average molecular weight is 425 g/mol. The van der Waals surface area contributed by atoms with E-state index < -0.39 is 15.6 Å². The number of hydrogen-bond donors (Lipinski definition) is 0. The molecule has 1 aromatic rings. The molecule has 0 aliphatic carbocycles. The van der Waals surface area contributed by atoms with Crippen LogP contribution in [0.3, 0.4) is 0 Å². The minimum absolute atomic E-state index is 0.214. The number of ether oxygens (including phenoxy) is 1. The van der Waals surface area contributed by atoms with Crippen molar-refractivity contribution in [3.63, 3.8) is 0 Å². The lowest BCUT2D eigenvalue weighted by atomic mass is 9.97. The van der Waals surface area contributed by atoms with Crippen LogP contribution in [0.4, 0.5) is 13.2 Å². The van der Waals surface area contributed by atoms with Gasteiger partial charge in [0.15, 0.2) is 0 Å². The number of halogens is 3. The second kappa shape index (κ2) is 9.60. The van der Waals surface area contributed by atoms with E-state index >= 15 is 0 Å². The molecule has 6 nitrogen and oxygen atoms in total. The van der Waals surface area contributed by atoms with Crippen LogP contribution >= 0.6 is 0 Å². The number of nitrogens with zero attached hydrogens (tertiary/aromatic N) is 1. The Kier molecular flexibility index (Phi) is 8.30. The Morgan fingerprint density at radius 3 is 2.25 bits per heavy atom. The Morgan fingerprint density at radius 1 is 1.11 bits per heavy atom. The van der Waals surface area contributed by atoms with Gasteiger partial charge < -0.3 is 13.8 Å². The van der Waals surface area contributed by atoms with Crippen molar-refractivity contribution in [2.24, 2.45) is 0 Å². The molecule has 1 heterocycles. The molecule has 28 heavy (non-hydrogen) atoms. The summed E-state index contributed by atoms with van der Waals surface area (Å²) in [6, 6.07) is 4.58. The van der Waals surface area contributed by atoms with Crippen molar-refractivity contribution < 1.29 is 35.3 Å². The normalized spacial score (nSPS) is 16.0. The van der Waals surface area contributed by atoms with E-state index in [1.807, 2.05) is 27.8 Å². The van der Waals surface area contributed by atoms with Gasteiger partial charge in [0.05, 0.1) is 0 Å². The summed E-state index contributed by atoms with van der Waals surface area (Å²) >= 11 is 0. The fraction of sp³-hybridized carbons (Fsp3) is 0.611. The van der Waals surface area contributed by atoms with Gasteiger partial charge in [-0.05, 0) is 70.8 Å². The van der Waals surface area contributed by atoms with Crippen LogP contribution in [0.5, 0.6) is 5.75 Å². The van der Waals surface area contributed by atoms with E-state index in [1.165, 1.54) is 12.1 Å². The molecular weight excluding hydrogens is 399 g/mol. The van der Waals surface area contributed by atoms with Gasteiger partial charge in [-0.15, -0.1) is 0 Å². The molecule has 1 aromatic carbocycles. The highest BCUT2D eigenvalue weighted by molar-refractivity contribution is 7.88. The molecule has 0 unspecified atom stereocenters. The lowest BCUT2D eigenvalue weighted by Gasteiger charge is -2.23. The molecule has 10 heteroatoms. The molecule has 0 spiro atoms. The Hall–Kier alpha value is -1.81. The highest BCUT2D eigenvalue weighted by atomic mass is 32.2. The summed E-state index contributed by atoms with van der Waals surface area (Å²) in [6.07, 6.45) is 1.87. The predicted octanol–water partition coefficient (Wildman–Crippen LogP) is 3.29. The van der Waals surface area contributed by atoms with Crippen molar-refractivity contribution in [1.82, 2.24) is 4.90 Å². The Bertz CT molecular complexity index is 757. The third kappa shape index (κ3) is 7.67. The quantitative estimate of drug-likeness (QED) is 0.420. The fourth-order valence-corrected chi connectivity index (χ4v) is 2.95. The second-order valence-corrected chi connectivity index (χ2v) is 8.90. The number of alkyl halides is 3. The van der Waals surface area contributed by atoms with Crippen LogP contribution < -0.4 is 4.18 Å². The van der Waals surface area contributed by atoms with Gasteiger partial charge in [-0.25, -0.2) is 0 Å². The lowest BCUT2D eigenvalue weighted by molar-refractivity contribution is -0.138. The third-order valence-corrected chi connectivity index (χ3v) is 4.81. The van der Waals surface area contributed by atoms with Crippen LogP contribution in [0.1, 0.15) is 38.3 Å². The van der Waals surface area contributed by atoms with Crippen molar-refractivity contribution in [1.29, 1.82) is 0 Å². The molecule has 0 atom stereocenters. The van der Waals surface area contributed by atoms with Crippen LogP contribution in [0, 0.1) is 0 Å². The number of fused-ring (bicyclic) bond motifs is 1. The fourth-order valence-electron chi connectivity index (χ4n) is 2.47. The van der Waals surface area contributed by atoms with Crippen molar-refractivity contribution >= 4 is 16.6 Å². The molecule has 0 radical (unpaired) electrons. The van der Waals surface area contributed by atoms with E-state index in [0.717, 1.165) is 25.1 Å². The van der Waals surface area contributed by atoms with Crippen molar-refractivity contribution in [3.8, 4) is 5.75 Å².